The zero-order chi connectivity index (χ0) is 11.5. The number of aliphatic hydroxyl groups excluding tert-OH is 1. The summed E-state index contributed by atoms with van der Waals surface area (Å²) in [4.78, 5) is 0. The van der Waals surface area contributed by atoms with Gasteiger partial charge in [0.05, 0.1) is 6.10 Å². The minimum Gasteiger partial charge on any atom is -0.388 e. The van der Waals surface area contributed by atoms with E-state index in [1.54, 1.807) is 12.1 Å². The maximum absolute atomic E-state index is 13.0. The molecule has 84 valence electrons. The highest BCUT2D eigenvalue weighted by atomic mass is 19.1. The van der Waals surface area contributed by atoms with Gasteiger partial charge in [-0.1, -0.05) is 26.0 Å². The van der Waals surface area contributed by atoms with E-state index in [4.69, 9.17) is 5.73 Å². The molecule has 0 radical (unpaired) electrons. The van der Waals surface area contributed by atoms with Crippen LogP contribution in [0.25, 0.3) is 0 Å². The Kier molecular flexibility index (Phi) is 3.83. The Morgan fingerprint density at radius 2 is 2.20 bits per heavy atom. The smallest absolute Gasteiger partial charge is 0.123 e. The van der Waals surface area contributed by atoms with E-state index in [9.17, 15) is 9.50 Å². The maximum Gasteiger partial charge on any atom is 0.123 e. The van der Waals surface area contributed by atoms with E-state index in [0.717, 1.165) is 6.42 Å². The van der Waals surface area contributed by atoms with Crippen molar-refractivity contribution in [1.29, 1.82) is 0 Å². The highest BCUT2D eigenvalue weighted by molar-refractivity contribution is 5.20. The van der Waals surface area contributed by atoms with Crippen LogP contribution in [0, 0.1) is 11.2 Å². The van der Waals surface area contributed by atoms with Gasteiger partial charge in [0.25, 0.3) is 0 Å². The fourth-order valence-electron chi connectivity index (χ4n) is 1.53. The van der Waals surface area contributed by atoms with Crippen LogP contribution >= 0.6 is 0 Å². The van der Waals surface area contributed by atoms with Crippen LogP contribution in [-0.2, 0) is 0 Å². The number of hydrogen-bond donors (Lipinski definition) is 2. The largest absolute Gasteiger partial charge is 0.388 e. The van der Waals surface area contributed by atoms with Gasteiger partial charge >= 0.3 is 0 Å². The van der Waals surface area contributed by atoms with Crippen molar-refractivity contribution in [3.8, 4) is 0 Å². The van der Waals surface area contributed by atoms with Crippen LogP contribution < -0.4 is 5.73 Å². The van der Waals surface area contributed by atoms with Crippen molar-refractivity contribution in [3.05, 3.63) is 35.6 Å². The molecule has 1 aromatic rings. The molecule has 3 N–H and O–H groups in total. The molecule has 1 rings (SSSR count). The lowest BCUT2D eigenvalue weighted by Gasteiger charge is -2.32. The molecule has 0 aromatic heterocycles. The summed E-state index contributed by atoms with van der Waals surface area (Å²) in [6.45, 7) is 4.25. The van der Waals surface area contributed by atoms with Gasteiger partial charge in [0.1, 0.15) is 5.82 Å². The SMILES string of the molecule is CCC(C)(CN)C(O)c1cccc(F)c1. The first kappa shape index (κ1) is 12.1. The topological polar surface area (TPSA) is 46.2 Å². The number of nitrogens with two attached hydrogens (primary N) is 1. The van der Waals surface area contributed by atoms with Crippen molar-refractivity contribution in [2.24, 2.45) is 11.1 Å². The lowest BCUT2D eigenvalue weighted by molar-refractivity contribution is 0.0389. The highest BCUT2D eigenvalue weighted by Gasteiger charge is 2.30. The fraction of sp³-hybridized carbons (Fsp3) is 0.500. The van der Waals surface area contributed by atoms with Gasteiger partial charge in [-0.15, -0.1) is 0 Å². The van der Waals surface area contributed by atoms with Crippen LogP contribution in [0.2, 0.25) is 0 Å². The number of aliphatic hydroxyl groups is 1. The molecule has 2 unspecified atom stereocenters. The molecule has 3 heteroatoms. The second-order valence-corrected chi connectivity index (χ2v) is 4.17. The second kappa shape index (κ2) is 4.73. The Hall–Kier alpha value is -0.930. The lowest BCUT2D eigenvalue weighted by Crippen LogP contribution is -2.33. The van der Waals surface area contributed by atoms with Gasteiger partial charge < -0.3 is 10.8 Å². The Morgan fingerprint density at radius 1 is 1.53 bits per heavy atom. The Balaban J connectivity index is 2.97. The van der Waals surface area contributed by atoms with Crippen molar-refractivity contribution < 1.29 is 9.50 Å². The van der Waals surface area contributed by atoms with E-state index >= 15 is 0 Å². The van der Waals surface area contributed by atoms with Crippen LogP contribution in [0.15, 0.2) is 24.3 Å². The molecule has 0 heterocycles. The zero-order valence-corrected chi connectivity index (χ0v) is 9.20. The molecule has 0 amide bonds. The van der Waals surface area contributed by atoms with Crippen LogP contribution in [0.4, 0.5) is 4.39 Å². The third-order valence-corrected chi connectivity index (χ3v) is 3.10. The summed E-state index contributed by atoms with van der Waals surface area (Å²) in [6, 6.07) is 6.04. The molecular formula is C12H18FNO. The molecule has 0 bridgehead atoms. The van der Waals surface area contributed by atoms with Crippen molar-refractivity contribution in [1.82, 2.24) is 0 Å². The standard InChI is InChI=1S/C12H18FNO/c1-3-12(2,8-14)11(15)9-5-4-6-10(13)7-9/h4-7,11,15H,3,8,14H2,1-2H3. The van der Waals surface area contributed by atoms with E-state index in [-0.39, 0.29) is 5.82 Å². The molecule has 2 atom stereocenters. The average molecular weight is 211 g/mol. The average Bonchev–Trinajstić information content (AvgIpc) is 2.27. The monoisotopic (exact) mass is 211 g/mol. The van der Waals surface area contributed by atoms with Crippen LogP contribution in [0.1, 0.15) is 31.9 Å². The Labute approximate surface area is 89.9 Å². The van der Waals surface area contributed by atoms with Crippen LogP contribution in [-0.4, -0.2) is 11.7 Å². The molecule has 1 aromatic carbocycles. The summed E-state index contributed by atoms with van der Waals surface area (Å²) in [5.74, 6) is -0.331. The molecular weight excluding hydrogens is 193 g/mol. The molecule has 2 nitrogen and oxygen atoms in total. The summed E-state index contributed by atoms with van der Waals surface area (Å²) in [6.07, 6.45) is 0.0319. The van der Waals surface area contributed by atoms with Gasteiger partial charge in [-0.25, -0.2) is 4.39 Å². The maximum atomic E-state index is 13.0. The van der Waals surface area contributed by atoms with Crippen molar-refractivity contribution >= 4 is 0 Å². The minimum absolute atomic E-state index is 0.331. The fourth-order valence-corrected chi connectivity index (χ4v) is 1.53. The molecule has 15 heavy (non-hydrogen) atoms. The Bertz CT molecular complexity index is 323. The van der Waals surface area contributed by atoms with E-state index in [2.05, 4.69) is 0 Å². The quantitative estimate of drug-likeness (QED) is 0.802. The van der Waals surface area contributed by atoms with Gasteiger partial charge in [0, 0.05) is 12.0 Å². The summed E-state index contributed by atoms with van der Waals surface area (Å²) in [5.41, 5.74) is 5.83. The summed E-state index contributed by atoms with van der Waals surface area (Å²) in [5, 5.41) is 10.1. The van der Waals surface area contributed by atoms with Crippen molar-refractivity contribution in [3.63, 3.8) is 0 Å². The van der Waals surface area contributed by atoms with Crippen molar-refractivity contribution in [2.45, 2.75) is 26.4 Å². The summed E-state index contributed by atoms with van der Waals surface area (Å²) < 4.78 is 13.0. The Morgan fingerprint density at radius 3 is 2.67 bits per heavy atom. The molecule has 0 aliphatic carbocycles. The number of rotatable bonds is 4. The first-order chi connectivity index (χ1) is 7.03. The van der Waals surface area contributed by atoms with Crippen LogP contribution in [0.5, 0.6) is 0 Å². The van der Waals surface area contributed by atoms with Crippen molar-refractivity contribution in [2.75, 3.05) is 6.54 Å². The van der Waals surface area contributed by atoms with Crippen LogP contribution in [0.3, 0.4) is 0 Å². The summed E-state index contributed by atoms with van der Waals surface area (Å²) in [7, 11) is 0. The highest BCUT2D eigenvalue weighted by Crippen LogP contribution is 2.35. The summed E-state index contributed by atoms with van der Waals surface area (Å²) >= 11 is 0. The first-order valence-corrected chi connectivity index (χ1v) is 5.17. The van der Waals surface area contributed by atoms with E-state index in [1.165, 1.54) is 12.1 Å². The van der Waals surface area contributed by atoms with E-state index in [1.807, 2.05) is 13.8 Å². The number of halogens is 1. The number of hydrogen-bond acceptors (Lipinski definition) is 2. The lowest BCUT2D eigenvalue weighted by atomic mass is 9.78. The molecule has 0 aliphatic heterocycles. The van der Waals surface area contributed by atoms with Gasteiger partial charge in [-0.05, 0) is 24.1 Å². The first-order valence-electron chi connectivity index (χ1n) is 5.17. The normalized spacial score (nSPS) is 17.1. The molecule has 0 spiro atoms. The third kappa shape index (κ3) is 2.55. The molecule has 0 saturated heterocycles. The molecule has 0 aliphatic rings. The molecule has 0 fully saturated rings. The second-order valence-electron chi connectivity index (χ2n) is 4.17. The van der Waals surface area contributed by atoms with E-state index < -0.39 is 11.5 Å². The minimum atomic E-state index is -0.719. The van der Waals surface area contributed by atoms with Gasteiger partial charge in [0.2, 0.25) is 0 Å². The third-order valence-electron chi connectivity index (χ3n) is 3.10. The zero-order valence-electron chi connectivity index (χ0n) is 9.20. The van der Waals surface area contributed by atoms with Gasteiger partial charge in [-0.2, -0.15) is 0 Å². The predicted molar refractivity (Wildman–Crippen MR) is 58.8 cm³/mol. The van der Waals surface area contributed by atoms with E-state index in [0.29, 0.717) is 12.1 Å². The van der Waals surface area contributed by atoms with Gasteiger partial charge in [0.15, 0.2) is 0 Å². The predicted octanol–water partition coefficient (Wildman–Crippen LogP) is 2.23. The van der Waals surface area contributed by atoms with Gasteiger partial charge in [-0.3, -0.25) is 0 Å². The number of benzene rings is 1. The molecule has 0 saturated carbocycles.